The topological polar surface area (TPSA) is 142 Å². The third-order valence-electron chi connectivity index (χ3n) is 4.20. The first-order valence-electron chi connectivity index (χ1n) is 8.82. The molecule has 31 heavy (non-hydrogen) atoms. The Morgan fingerprint density at radius 3 is 2.26 bits per heavy atom. The van der Waals surface area contributed by atoms with E-state index in [1.54, 1.807) is 0 Å². The Kier molecular flexibility index (Phi) is 6.10. The molecular weight excluding hydrogens is 408 g/mol. The summed E-state index contributed by atoms with van der Waals surface area (Å²) in [7, 11) is 1.22. The van der Waals surface area contributed by atoms with Crippen LogP contribution in [0.3, 0.4) is 0 Å². The molecule has 0 aliphatic carbocycles. The van der Waals surface area contributed by atoms with Crippen molar-refractivity contribution in [2.45, 2.75) is 0 Å². The van der Waals surface area contributed by atoms with E-state index in [1.807, 2.05) is 0 Å². The third-order valence-corrected chi connectivity index (χ3v) is 4.20. The average molecular weight is 423 g/mol. The van der Waals surface area contributed by atoms with E-state index in [-0.39, 0.29) is 22.6 Å². The molecule has 1 heterocycles. The summed E-state index contributed by atoms with van der Waals surface area (Å²) in [5, 5.41) is 12.5. The Hall–Kier alpha value is -4.47. The lowest BCUT2D eigenvalue weighted by molar-refractivity contribution is -0.307. The van der Waals surface area contributed by atoms with Crippen LogP contribution in [0.15, 0.2) is 54.1 Å². The van der Waals surface area contributed by atoms with Gasteiger partial charge in [-0.1, -0.05) is 12.1 Å². The maximum Gasteiger partial charge on any atom is 0.337 e. The highest BCUT2D eigenvalue weighted by atomic mass is 16.5. The Bertz CT molecular complexity index is 1090. The lowest BCUT2D eigenvalue weighted by Gasteiger charge is -2.26. The molecule has 0 unspecified atom stereocenters. The Morgan fingerprint density at radius 2 is 1.68 bits per heavy atom. The highest BCUT2D eigenvalue weighted by Gasteiger charge is 2.36. The van der Waals surface area contributed by atoms with Crippen molar-refractivity contribution >= 4 is 41.5 Å². The van der Waals surface area contributed by atoms with E-state index < -0.39 is 36.4 Å². The van der Waals surface area contributed by atoms with Crippen LogP contribution in [-0.4, -0.2) is 43.5 Å². The number of aliphatic carboxylic acids is 1. The van der Waals surface area contributed by atoms with Crippen LogP contribution in [0.5, 0.6) is 5.75 Å². The van der Waals surface area contributed by atoms with E-state index in [4.69, 9.17) is 4.74 Å². The lowest BCUT2D eigenvalue weighted by atomic mass is 10.1. The molecule has 0 aromatic heterocycles. The molecule has 1 N–H and O–H groups in total. The highest BCUT2D eigenvalue weighted by molar-refractivity contribution is 6.39. The van der Waals surface area contributed by atoms with Gasteiger partial charge in [0, 0.05) is 0 Å². The number of carbonyl (C=O) groups is 5. The summed E-state index contributed by atoms with van der Waals surface area (Å²) in [6.07, 6.45) is 1.28. The number of nitrogens with one attached hydrogen (secondary N) is 1. The molecule has 0 spiro atoms. The number of carboxylic acid groups (broad SMARTS) is 1. The monoisotopic (exact) mass is 423 g/mol. The molecule has 2 aromatic rings. The van der Waals surface area contributed by atoms with E-state index in [1.165, 1.54) is 61.7 Å². The molecule has 2 aromatic carbocycles. The summed E-state index contributed by atoms with van der Waals surface area (Å²) in [5.74, 6) is -3.41. The molecule has 0 atom stereocenters. The van der Waals surface area contributed by atoms with Gasteiger partial charge in [-0.2, -0.15) is 0 Å². The first-order valence-corrected chi connectivity index (χ1v) is 8.82. The predicted octanol–water partition coefficient (Wildman–Crippen LogP) is 0.268. The molecule has 1 saturated heterocycles. The zero-order valence-electron chi connectivity index (χ0n) is 16.1. The molecule has 0 saturated carbocycles. The average Bonchev–Trinajstić information content (AvgIpc) is 2.75. The second-order valence-corrected chi connectivity index (χ2v) is 6.23. The molecule has 1 fully saturated rings. The molecular formula is C21H15N2O8-. The number of barbiturate groups is 1. The molecule has 0 bridgehead atoms. The summed E-state index contributed by atoms with van der Waals surface area (Å²) < 4.78 is 9.57. The highest BCUT2D eigenvalue weighted by Crippen LogP contribution is 2.23. The van der Waals surface area contributed by atoms with Gasteiger partial charge >= 0.3 is 12.0 Å². The first-order chi connectivity index (χ1) is 14.8. The lowest BCUT2D eigenvalue weighted by Crippen LogP contribution is -2.54. The van der Waals surface area contributed by atoms with Crippen molar-refractivity contribution < 1.29 is 38.6 Å². The Morgan fingerprint density at radius 1 is 1.03 bits per heavy atom. The number of carbonyl (C=O) groups excluding carboxylic acids is 5. The Labute approximate surface area is 175 Å². The number of anilines is 1. The minimum atomic E-state index is -1.37. The van der Waals surface area contributed by atoms with Crippen molar-refractivity contribution in [1.29, 1.82) is 0 Å². The fourth-order valence-electron chi connectivity index (χ4n) is 2.73. The summed E-state index contributed by atoms with van der Waals surface area (Å²) in [5.41, 5.74) is 0.526. The second kappa shape index (κ2) is 8.91. The van der Waals surface area contributed by atoms with E-state index in [0.29, 0.717) is 5.56 Å². The van der Waals surface area contributed by atoms with E-state index in [0.717, 1.165) is 4.90 Å². The largest absolute Gasteiger partial charge is 0.546 e. The van der Waals surface area contributed by atoms with Gasteiger partial charge in [0.05, 0.1) is 24.3 Å². The zero-order chi connectivity index (χ0) is 22.5. The van der Waals surface area contributed by atoms with Crippen LogP contribution in [0.2, 0.25) is 0 Å². The molecule has 1 aliphatic rings. The molecule has 10 heteroatoms. The number of urea groups is 1. The minimum Gasteiger partial charge on any atom is -0.546 e. The van der Waals surface area contributed by atoms with Gasteiger partial charge in [0.2, 0.25) is 0 Å². The van der Waals surface area contributed by atoms with Gasteiger partial charge in [0.25, 0.3) is 11.8 Å². The third kappa shape index (κ3) is 4.75. The molecule has 1 aliphatic heterocycles. The smallest absolute Gasteiger partial charge is 0.337 e. The number of ether oxygens (including phenoxy) is 2. The van der Waals surface area contributed by atoms with E-state index in [9.17, 15) is 29.1 Å². The number of carboxylic acids is 1. The number of rotatable bonds is 6. The summed E-state index contributed by atoms with van der Waals surface area (Å²) in [6, 6.07) is 10.5. The normalized spacial score (nSPS) is 14.9. The molecule has 10 nitrogen and oxygen atoms in total. The predicted molar refractivity (Wildman–Crippen MR) is 104 cm³/mol. The maximum absolute atomic E-state index is 12.9. The number of hydrogen-bond acceptors (Lipinski definition) is 8. The zero-order valence-corrected chi connectivity index (χ0v) is 16.1. The van der Waals surface area contributed by atoms with Crippen molar-refractivity contribution in [2.24, 2.45) is 0 Å². The molecule has 4 amide bonds. The first kappa shape index (κ1) is 21.2. The van der Waals surface area contributed by atoms with Gasteiger partial charge in [-0.05, 0) is 48.0 Å². The number of methoxy groups -OCH3 is 1. The van der Waals surface area contributed by atoms with Gasteiger partial charge in [0.1, 0.15) is 17.9 Å². The van der Waals surface area contributed by atoms with Crippen molar-refractivity contribution in [3.63, 3.8) is 0 Å². The Balaban J connectivity index is 1.85. The van der Waals surface area contributed by atoms with Gasteiger partial charge in [-0.25, -0.2) is 14.5 Å². The maximum atomic E-state index is 12.9. The summed E-state index contributed by atoms with van der Waals surface area (Å²) in [4.78, 5) is 60.1. The van der Waals surface area contributed by atoms with Crippen LogP contribution in [0, 0.1) is 0 Å². The second-order valence-electron chi connectivity index (χ2n) is 6.23. The molecule has 3 rings (SSSR count). The van der Waals surface area contributed by atoms with Gasteiger partial charge < -0.3 is 19.4 Å². The summed E-state index contributed by atoms with van der Waals surface area (Å²) in [6.45, 7) is -0.618. The van der Waals surface area contributed by atoms with Gasteiger partial charge in [-0.3, -0.25) is 14.9 Å². The number of esters is 1. The molecule has 158 valence electrons. The SMILES string of the molecule is COC(=O)c1ccc(N2C(=O)NC(=O)/C(=C\c3ccc(OCC(=O)[O-])cc3)C2=O)cc1. The van der Waals surface area contributed by atoms with Crippen molar-refractivity contribution in [2.75, 3.05) is 18.6 Å². The summed E-state index contributed by atoms with van der Waals surface area (Å²) >= 11 is 0. The van der Waals surface area contributed by atoms with Crippen LogP contribution in [0.25, 0.3) is 6.08 Å². The van der Waals surface area contributed by atoms with Gasteiger partial charge in [0.15, 0.2) is 0 Å². The number of imide groups is 2. The van der Waals surface area contributed by atoms with Crippen molar-refractivity contribution in [3.8, 4) is 5.75 Å². The number of hydrogen-bond donors (Lipinski definition) is 1. The fourth-order valence-corrected chi connectivity index (χ4v) is 2.73. The van der Waals surface area contributed by atoms with Gasteiger partial charge in [-0.15, -0.1) is 0 Å². The standard InChI is InChI=1S/C21H16N2O8/c1-30-20(28)13-4-6-14(7-5-13)23-19(27)16(18(26)22-21(23)29)10-12-2-8-15(9-3-12)31-11-17(24)25/h2-10H,11H2,1H3,(H,24,25)(H,22,26,29)/p-1/b16-10+. The van der Waals surface area contributed by atoms with Crippen LogP contribution in [-0.2, 0) is 19.1 Å². The van der Waals surface area contributed by atoms with E-state index >= 15 is 0 Å². The van der Waals surface area contributed by atoms with Crippen LogP contribution in [0.4, 0.5) is 10.5 Å². The fraction of sp³-hybridized carbons (Fsp3) is 0.0952. The van der Waals surface area contributed by atoms with Crippen molar-refractivity contribution in [3.05, 3.63) is 65.2 Å². The minimum absolute atomic E-state index is 0.152. The number of nitrogens with zero attached hydrogens (tertiary/aromatic N) is 1. The number of amides is 4. The van der Waals surface area contributed by atoms with Crippen LogP contribution >= 0.6 is 0 Å². The number of benzene rings is 2. The van der Waals surface area contributed by atoms with Crippen LogP contribution < -0.4 is 20.1 Å². The quantitative estimate of drug-likeness (QED) is 0.396. The molecule has 0 radical (unpaired) electrons. The van der Waals surface area contributed by atoms with Crippen LogP contribution in [0.1, 0.15) is 15.9 Å². The van der Waals surface area contributed by atoms with Crippen molar-refractivity contribution in [1.82, 2.24) is 5.32 Å². The van der Waals surface area contributed by atoms with E-state index in [2.05, 4.69) is 10.1 Å².